The number of methoxy groups -OCH3 is 1. The van der Waals surface area contributed by atoms with Gasteiger partial charge >= 0.3 is 5.97 Å². The molecule has 26 heavy (non-hydrogen) atoms. The number of nitrogens with two attached hydrogens (primary N) is 1. The normalized spacial score (nSPS) is 9.77. The Hall–Kier alpha value is -2.86. The van der Waals surface area contributed by atoms with Crippen LogP contribution in [-0.2, 0) is 14.3 Å². The number of benzene rings is 2. The average Bonchev–Trinajstić information content (AvgIpc) is 2.65. The van der Waals surface area contributed by atoms with E-state index in [2.05, 4.69) is 4.74 Å². The second-order valence-electron chi connectivity index (χ2n) is 5.57. The lowest BCUT2D eigenvalue weighted by atomic mass is 10.0. The molecule has 0 saturated carbocycles. The molecule has 6 nitrogen and oxygen atoms in total. The van der Waals surface area contributed by atoms with Crippen molar-refractivity contribution in [2.75, 3.05) is 19.1 Å². The van der Waals surface area contributed by atoms with Crippen LogP contribution in [0.2, 0.25) is 0 Å². The van der Waals surface area contributed by atoms with Gasteiger partial charge in [-0.05, 0) is 23.3 Å². The fourth-order valence-corrected chi connectivity index (χ4v) is 2.34. The van der Waals surface area contributed by atoms with E-state index in [9.17, 15) is 9.59 Å². The monoisotopic (exact) mass is 375 g/mol. The second kappa shape index (κ2) is 9.58. The summed E-state index contributed by atoms with van der Waals surface area (Å²) in [6.07, 6.45) is 0.178. The van der Waals surface area contributed by atoms with Gasteiger partial charge in [0, 0.05) is 24.7 Å². The third-order valence-electron chi connectivity index (χ3n) is 3.93. The predicted molar refractivity (Wildman–Crippen MR) is 105 cm³/mol. The Balaban J connectivity index is 0.00000338. The van der Waals surface area contributed by atoms with Crippen molar-refractivity contribution in [3.8, 4) is 11.1 Å². The van der Waals surface area contributed by atoms with E-state index >= 15 is 0 Å². The van der Waals surface area contributed by atoms with Gasteiger partial charge in [0.15, 0.2) is 0 Å². The zero-order valence-electron chi connectivity index (χ0n) is 14.7. The number of hydrogen-bond donors (Lipinski definition) is 2. The number of amidine groups is 1. The minimum absolute atomic E-state index is 0. The summed E-state index contributed by atoms with van der Waals surface area (Å²) >= 11 is 0. The highest BCUT2D eigenvalue weighted by atomic mass is 35.5. The number of esters is 1. The Kier molecular flexibility index (Phi) is 7.80. The summed E-state index contributed by atoms with van der Waals surface area (Å²) in [6.45, 7) is 0. The van der Waals surface area contributed by atoms with Gasteiger partial charge in [-0.1, -0.05) is 36.4 Å². The smallest absolute Gasteiger partial charge is 0.306 e. The SMILES string of the molecule is COC(=O)CCC(=O)N(C)c1ccc(-c2ccc(C(=N)N)cc2)cc1.Cl. The predicted octanol–water partition coefficient (Wildman–Crippen LogP) is 2.98. The molecule has 0 aliphatic rings. The Labute approximate surface area is 158 Å². The molecule has 0 atom stereocenters. The summed E-state index contributed by atoms with van der Waals surface area (Å²) in [7, 11) is 2.98. The molecule has 2 rings (SSSR count). The van der Waals surface area contributed by atoms with Crippen molar-refractivity contribution >= 4 is 35.8 Å². The van der Waals surface area contributed by atoms with Gasteiger partial charge in [0.05, 0.1) is 13.5 Å². The van der Waals surface area contributed by atoms with E-state index in [4.69, 9.17) is 11.1 Å². The highest BCUT2D eigenvalue weighted by molar-refractivity contribution is 5.96. The number of anilines is 1. The Morgan fingerprint density at radius 1 is 1.00 bits per heavy atom. The number of halogens is 1. The zero-order chi connectivity index (χ0) is 18.4. The Bertz CT molecular complexity index is 774. The van der Waals surface area contributed by atoms with Crippen molar-refractivity contribution in [1.82, 2.24) is 0 Å². The van der Waals surface area contributed by atoms with Gasteiger partial charge < -0.3 is 15.4 Å². The standard InChI is InChI=1S/C19H21N3O3.ClH/c1-22(17(23)11-12-18(24)25-2)16-9-7-14(8-10-16)13-3-5-15(6-4-13)19(20)21;/h3-10H,11-12H2,1-2H3,(H3,20,21);1H. The van der Waals surface area contributed by atoms with E-state index in [-0.39, 0.29) is 37.0 Å². The topological polar surface area (TPSA) is 96.5 Å². The number of carbonyl (C=O) groups excluding carboxylic acids is 2. The van der Waals surface area contributed by atoms with E-state index in [1.165, 1.54) is 12.0 Å². The highest BCUT2D eigenvalue weighted by Crippen LogP contribution is 2.23. The fraction of sp³-hybridized carbons (Fsp3) is 0.211. The molecule has 0 fully saturated rings. The van der Waals surface area contributed by atoms with E-state index in [0.29, 0.717) is 5.56 Å². The van der Waals surface area contributed by atoms with E-state index in [1.54, 1.807) is 19.2 Å². The largest absolute Gasteiger partial charge is 0.469 e. The zero-order valence-corrected chi connectivity index (χ0v) is 15.5. The summed E-state index contributed by atoms with van der Waals surface area (Å²) in [4.78, 5) is 24.8. The van der Waals surface area contributed by atoms with Crippen LogP contribution in [0.3, 0.4) is 0 Å². The average molecular weight is 376 g/mol. The molecule has 0 bridgehead atoms. The van der Waals surface area contributed by atoms with Crippen LogP contribution in [0, 0.1) is 5.41 Å². The van der Waals surface area contributed by atoms with Gasteiger partial charge in [0.2, 0.25) is 5.91 Å². The number of hydrogen-bond acceptors (Lipinski definition) is 4. The van der Waals surface area contributed by atoms with Crippen molar-refractivity contribution in [3.05, 3.63) is 54.1 Å². The van der Waals surface area contributed by atoms with Crippen LogP contribution in [0.15, 0.2) is 48.5 Å². The van der Waals surface area contributed by atoms with E-state index in [0.717, 1.165) is 16.8 Å². The first-order chi connectivity index (χ1) is 11.9. The minimum atomic E-state index is -0.397. The molecule has 0 spiro atoms. The summed E-state index contributed by atoms with van der Waals surface area (Å²) in [6, 6.07) is 14.9. The van der Waals surface area contributed by atoms with Crippen LogP contribution in [0.1, 0.15) is 18.4 Å². The van der Waals surface area contributed by atoms with Gasteiger partial charge in [0.25, 0.3) is 0 Å². The van der Waals surface area contributed by atoms with E-state index < -0.39 is 5.97 Å². The van der Waals surface area contributed by atoms with Gasteiger partial charge in [0.1, 0.15) is 5.84 Å². The molecule has 0 radical (unpaired) electrons. The third kappa shape index (κ3) is 5.32. The van der Waals surface area contributed by atoms with Crippen molar-refractivity contribution in [3.63, 3.8) is 0 Å². The molecule has 0 aromatic heterocycles. The number of amides is 1. The van der Waals surface area contributed by atoms with Crippen molar-refractivity contribution < 1.29 is 14.3 Å². The summed E-state index contributed by atoms with van der Waals surface area (Å²) < 4.78 is 4.54. The maximum absolute atomic E-state index is 12.1. The van der Waals surface area contributed by atoms with Gasteiger partial charge in [-0.15, -0.1) is 12.4 Å². The molecule has 0 aliphatic carbocycles. The lowest BCUT2D eigenvalue weighted by Gasteiger charge is -2.17. The number of nitrogens with zero attached hydrogens (tertiary/aromatic N) is 1. The molecule has 2 aromatic carbocycles. The number of nitrogens with one attached hydrogen (secondary N) is 1. The molecule has 0 saturated heterocycles. The van der Waals surface area contributed by atoms with Crippen molar-refractivity contribution in [2.45, 2.75) is 12.8 Å². The van der Waals surface area contributed by atoms with Gasteiger partial charge in [-0.2, -0.15) is 0 Å². The molecule has 2 aromatic rings. The van der Waals surface area contributed by atoms with Crippen LogP contribution in [0.25, 0.3) is 11.1 Å². The maximum atomic E-state index is 12.1. The van der Waals surface area contributed by atoms with Crippen LogP contribution < -0.4 is 10.6 Å². The molecule has 0 unspecified atom stereocenters. The van der Waals surface area contributed by atoms with E-state index in [1.807, 2.05) is 36.4 Å². The number of nitrogen functional groups attached to an aromatic ring is 1. The minimum Gasteiger partial charge on any atom is -0.469 e. The molecule has 1 amide bonds. The molecular formula is C19H22ClN3O3. The summed E-state index contributed by atoms with van der Waals surface area (Å²) in [5, 5.41) is 7.41. The maximum Gasteiger partial charge on any atom is 0.306 e. The molecule has 0 heterocycles. The van der Waals surface area contributed by atoms with Crippen LogP contribution in [0.4, 0.5) is 5.69 Å². The van der Waals surface area contributed by atoms with Gasteiger partial charge in [-0.25, -0.2) is 0 Å². The number of rotatable bonds is 6. The first kappa shape index (κ1) is 21.2. The van der Waals surface area contributed by atoms with Crippen LogP contribution in [0.5, 0.6) is 0 Å². The number of carbonyl (C=O) groups is 2. The second-order valence-corrected chi connectivity index (χ2v) is 5.57. The Morgan fingerprint density at radius 3 is 1.96 bits per heavy atom. The highest BCUT2D eigenvalue weighted by Gasteiger charge is 2.13. The molecule has 0 aliphatic heterocycles. The molecule has 7 heteroatoms. The lowest BCUT2D eigenvalue weighted by Crippen LogP contribution is -2.26. The Morgan fingerprint density at radius 2 is 1.50 bits per heavy atom. The van der Waals surface area contributed by atoms with Crippen LogP contribution >= 0.6 is 12.4 Å². The first-order valence-electron chi connectivity index (χ1n) is 7.80. The first-order valence-corrected chi connectivity index (χ1v) is 7.80. The summed E-state index contributed by atoms with van der Waals surface area (Å²) in [5.41, 5.74) is 8.87. The molecule has 138 valence electrons. The fourth-order valence-electron chi connectivity index (χ4n) is 2.34. The lowest BCUT2D eigenvalue weighted by molar-refractivity contribution is -0.141. The van der Waals surface area contributed by atoms with Crippen molar-refractivity contribution in [1.29, 1.82) is 5.41 Å². The molecule has 3 N–H and O–H groups in total. The van der Waals surface area contributed by atoms with Crippen molar-refractivity contribution in [2.24, 2.45) is 5.73 Å². The number of ether oxygens (including phenoxy) is 1. The summed E-state index contributed by atoms with van der Waals surface area (Å²) in [5.74, 6) is -0.510. The molecular weight excluding hydrogens is 354 g/mol. The third-order valence-corrected chi connectivity index (χ3v) is 3.93. The van der Waals surface area contributed by atoms with Gasteiger partial charge in [-0.3, -0.25) is 15.0 Å². The van der Waals surface area contributed by atoms with Crippen LogP contribution in [-0.4, -0.2) is 31.9 Å². The quantitative estimate of drug-likeness (QED) is 0.461.